The Bertz CT molecular complexity index is 450. The van der Waals surface area contributed by atoms with E-state index in [-0.39, 0.29) is 5.92 Å². The van der Waals surface area contributed by atoms with Crippen LogP contribution in [-0.2, 0) is 0 Å². The first-order valence-corrected chi connectivity index (χ1v) is 7.59. The molecule has 0 fully saturated rings. The van der Waals surface area contributed by atoms with Gasteiger partial charge in [-0.25, -0.2) is 0 Å². The van der Waals surface area contributed by atoms with Gasteiger partial charge >= 0.3 is 0 Å². The maximum Gasteiger partial charge on any atom is 0.138 e. The monoisotopic (exact) mass is 316 g/mol. The molecule has 120 valence electrons. The predicted octanol–water partition coefficient (Wildman–Crippen LogP) is 3.37. The molecule has 3 unspecified atom stereocenters. The predicted molar refractivity (Wildman–Crippen MR) is 84.5 cm³/mol. The van der Waals surface area contributed by atoms with E-state index in [1.807, 2.05) is 19.9 Å². The van der Waals surface area contributed by atoms with Gasteiger partial charge in [0.15, 0.2) is 0 Å². The van der Waals surface area contributed by atoms with Crippen LogP contribution in [0.2, 0.25) is 5.02 Å². The lowest BCUT2D eigenvalue weighted by Gasteiger charge is -2.23. The molecule has 5 heteroatoms. The number of aliphatic hydroxyl groups is 2. The third kappa shape index (κ3) is 4.77. The van der Waals surface area contributed by atoms with Crippen LogP contribution in [0.25, 0.3) is 0 Å². The fourth-order valence-corrected chi connectivity index (χ4v) is 2.63. The second-order valence-corrected chi connectivity index (χ2v) is 5.70. The van der Waals surface area contributed by atoms with Crippen molar-refractivity contribution in [1.82, 2.24) is 0 Å². The van der Waals surface area contributed by atoms with Crippen LogP contribution in [0.3, 0.4) is 0 Å². The van der Waals surface area contributed by atoms with E-state index in [0.29, 0.717) is 29.4 Å². The van der Waals surface area contributed by atoms with E-state index < -0.39 is 12.2 Å². The van der Waals surface area contributed by atoms with Crippen LogP contribution in [0.1, 0.15) is 44.6 Å². The second-order valence-electron chi connectivity index (χ2n) is 5.29. The van der Waals surface area contributed by atoms with E-state index in [4.69, 9.17) is 21.1 Å². The third-order valence-electron chi connectivity index (χ3n) is 3.66. The van der Waals surface area contributed by atoms with Gasteiger partial charge in [0.05, 0.1) is 31.5 Å². The standard InChI is InChI=1S/C16H25ClO4/c1-5-6-13(18)14(19)7-10(2)11-8-16(21-4)12(17)9-15(11)20-3/h8-10,13-14,18-19H,5-7H2,1-4H3. The lowest BCUT2D eigenvalue weighted by Crippen LogP contribution is -2.27. The summed E-state index contributed by atoms with van der Waals surface area (Å²) in [5.74, 6) is 1.24. The Hall–Kier alpha value is -0.970. The number of halogens is 1. The van der Waals surface area contributed by atoms with Gasteiger partial charge in [-0.05, 0) is 24.8 Å². The van der Waals surface area contributed by atoms with Crippen molar-refractivity contribution in [2.75, 3.05) is 14.2 Å². The summed E-state index contributed by atoms with van der Waals surface area (Å²) in [5.41, 5.74) is 0.904. The Labute approximate surface area is 131 Å². The molecule has 0 spiro atoms. The summed E-state index contributed by atoms with van der Waals surface area (Å²) >= 11 is 6.09. The van der Waals surface area contributed by atoms with Crippen molar-refractivity contribution in [3.05, 3.63) is 22.7 Å². The fourth-order valence-electron chi connectivity index (χ4n) is 2.40. The topological polar surface area (TPSA) is 58.9 Å². The van der Waals surface area contributed by atoms with E-state index in [2.05, 4.69) is 0 Å². The maximum absolute atomic E-state index is 10.1. The van der Waals surface area contributed by atoms with E-state index in [1.165, 1.54) is 0 Å². The van der Waals surface area contributed by atoms with Crippen LogP contribution in [0.5, 0.6) is 11.5 Å². The van der Waals surface area contributed by atoms with Crippen molar-refractivity contribution in [1.29, 1.82) is 0 Å². The number of methoxy groups -OCH3 is 2. The van der Waals surface area contributed by atoms with Crippen LogP contribution in [0.4, 0.5) is 0 Å². The summed E-state index contributed by atoms with van der Waals surface area (Å²) in [6.45, 7) is 3.96. The highest BCUT2D eigenvalue weighted by Gasteiger charge is 2.22. The molecule has 2 N–H and O–H groups in total. The molecule has 0 amide bonds. The average Bonchev–Trinajstić information content (AvgIpc) is 2.46. The average molecular weight is 317 g/mol. The molecule has 1 rings (SSSR count). The lowest BCUT2D eigenvalue weighted by atomic mass is 9.91. The highest BCUT2D eigenvalue weighted by Crippen LogP contribution is 2.38. The summed E-state index contributed by atoms with van der Waals surface area (Å²) in [6, 6.07) is 3.53. The zero-order valence-electron chi connectivity index (χ0n) is 13.1. The number of aliphatic hydroxyl groups excluding tert-OH is 2. The molecule has 0 aromatic heterocycles. The molecular formula is C16H25ClO4. The molecule has 4 nitrogen and oxygen atoms in total. The van der Waals surface area contributed by atoms with Gasteiger partial charge in [0.25, 0.3) is 0 Å². The summed E-state index contributed by atoms with van der Waals surface area (Å²) in [5, 5.41) is 20.4. The quantitative estimate of drug-likeness (QED) is 0.772. The minimum atomic E-state index is -0.758. The molecule has 0 bridgehead atoms. The lowest BCUT2D eigenvalue weighted by molar-refractivity contribution is 0.00627. The molecule has 1 aromatic rings. The summed E-state index contributed by atoms with van der Waals surface area (Å²) in [4.78, 5) is 0. The molecule has 0 aliphatic carbocycles. The smallest absolute Gasteiger partial charge is 0.138 e. The number of benzene rings is 1. The summed E-state index contributed by atoms with van der Waals surface area (Å²) in [7, 11) is 3.14. The molecule has 0 aliphatic rings. The largest absolute Gasteiger partial charge is 0.496 e. The van der Waals surface area contributed by atoms with Crippen molar-refractivity contribution >= 4 is 11.6 Å². The zero-order valence-corrected chi connectivity index (χ0v) is 13.9. The summed E-state index contributed by atoms with van der Waals surface area (Å²) < 4.78 is 10.6. The minimum Gasteiger partial charge on any atom is -0.496 e. The van der Waals surface area contributed by atoms with E-state index in [9.17, 15) is 10.2 Å². The van der Waals surface area contributed by atoms with Crippen LogP contribution < -0.4 is 9.47 Å². The number of ether oxygens (including phenoxy) is 2. The summed E-state index contributed by atoms with van der Waals surface area (Å²) in [6.07, 6.45) is 0.422. The number of hydrogen-bond donors (Lipinski definition) is 2. The highest BCUT2D eigenvalue weighted by molar-refractivity contribution is 6.32. The minimum absolute atomic E-state index is 0.00706. The van der Waals surface area contributed by atoms with Crippen molar-refractivity contribution < 1.29 is 19.7 Å². The maximum atomic E-state index is 10.1. The van der Waals surface area contributed by atoms with Gasteiger partial charge in [0.1, 0.15) is 11.5 Å². The first-order valence-electron chi connectivity index (χ1n) is 7.22. The van der Waals surface area contributed by atoms with Crippen molar-refractivity contribution in [2.24, 2.45) is 0 Å². The first-order chi connectivity index (χ1) is 9.94. The van der Waals surface area contributed by atoms with Crippen LogP contribution in [0, 0.1) is 0 Å². The fraction of sp³-hybridized carbons (Fsp3) is 0.625. The number of rotatable bonds is 8. The molecule has 3 atom stereocenters. The first kappa shape index (κ1) is 18.1. The van der Waals surface area contributed by atoms with Gasteiger partial charge in [-0.2, -0.15) is 0 Å². The molecule has 0 saturated carbocycles. The molecule has 0 saturated heterocycles. The Morgan fingerprint density at radius 3 is 2.24 bits per heavy atom. The second kappa shape index (κ2) is 8.47. The molecule has 0 heterocycles. The van der Waals surface area contributed by atoms with Gasteiger partial charge in [-0.15, -0.1) is 0 Å². The molecular weight excluding hydrogens is 292 g/mol. The van der Waals surface area contributed by atoms with Gasteiger partial charge in [-0.1, -0.05) is 31.9 Å². The molecule has 21 heavy (non-hydrogen) atoms. The van der Waals surface area contributed by atoms with Crippen LogP contribution >= 0.6 is 11.6 Å². The van der Waals surface area contributed by atoms with Crippen molar-refractivity contribution in [3.8, 4) is 11.5 Å². The van der Waals surface area contributed by atoms with Gasteiger partial charge < -0.3 is 19.7 Å². The van der Waals surface area contributed by atoms with Gasteiger partial charge in [-0.3, -0.25) is 0 Å². The Morgan fingerprint density at radius 2 is 1.71 bits per heavy atom. The molecule has 0 radical (unpaired) electrons. The van der Waals surface area contributed by atoms with Crippen molar-refractivity contribution in [3.63, 3.8) is 0 Å². The molecule has 1 aromatic carbocycles. The highest BCUT2D eigenvalue weighted by atomic mass is 35.5. The Morgan fingerprint density at radius 1 is 1.10 bits per heavy atom. The zero-order chi connectivity index (χ0) is 16.0. The van der Waals surface area contributed by atoms with E-state index >= 15 is 0 Å². The van der Waals surface area contributed by atoms with Crippen LogP contribution in [0.15, 0.2) is 12.1 Å². The Balaban J connectivity index is 2.92. The van der Waals surface area contributed by atoms with Gasteiger partial charge in [0, 0.05) is 11.6 Å². The number of hydrogen-bond acceptors (Lipinski definition) is 4. The molecule has 0 aliphatic heterocycles. The Kier molecular flexibility index (Phi) is 7.29. The van der Waals surface area contributed by atoms with E-state index in [1.54, 1.807) is 20.3 Å². The van der Waals surface area contributed by atoms with Crippen molar-refractivity contribution in [2.45, 2.75) is 51.2 Å². The van der Waals surface area contributed by atoms with Gasteiger partial charge in [0.2, 0.25) is 0 Å². The van der Waals surface area contributed by atoms with E-state index in [0.717, 1.165) is 12.0 Å². The van der Waals surface area contributed by atoms with Crippen LogP contribution in [-0.4, -0.2) is 36.6 Å². The normalized spacial score (nSPS) is 15.4. The third-order valence-corrected chi connectivity index (χ3v) is 3.95. The SMILES string of the molecule is CCCC(O)C(O)CC(C)c1cc(OC)c(Cl)cc1OC.